The van der Waals surface area contributed by atoms with Crippen LogP contribution in [0.1, 0.15) is 32.9 Å². The van der Waals surface area contributed by atoms with E-state index in [9.17, 15) is 4.79 Å². The average molecular weight is 349 g/mol. The van der Waals surface area contributed by atoms with Crippen molar-refractivity contribution in [1.82, 2.24) is 15.3 Å². The summed E-state index contributed by atoms with van der Waals surface area (Å²) in [7, 11) is 1.36. The van der Waals surface area contributed by atoms with E-state index < -0.39 is 0 Å². The van der Waals surface area contributed by atoms with E-state index in [4.69, 9.17) is 5.73 Å². The molecule has 2 heterocycles. The lowest BCUT2D eigenvalue weighted by Gasteiger charge is -2.20. The molecule has 0 saturated heterocycles. The standard InChI is InChI=1S/C16H23N5O2S/c1-16(2,3)11-9-24-14(21-11)13(17)10-5-7-18-15(20-10)19-8-6-12(22)23-4/h5,7,9,21H,6,8,17H2,1-4H3,(H,18,19,20)/b14-13+. The van der Waals surface area contributed by atoms with E-state index in [-0.39, 0.29) is 17.8 Å². The van der Waals surface area contributed by atoms with E-state index in [0.717, 1.165) is 10.7 Å². The van der Waals surface area contributed by atoms with E-state index in [0.29, 0.717) is 23.9 Å². The minimum Gasteiger partial charge on any atom is -0.469 e. The van der Waals surface area contributed by atoms with E-state index in [1.54, 1.807) is 24.0 Å². The molecular formula is C16H23N5O2S. The van der Waals surface area contributed by atoms with Crippen molar-refractivity contribution >= 4 is 29.4 Å². The Morgan fingerprint density at radius 1 is 1.46 bits per heavy atom. The van der Waals surface area contributed by atoms with Gasteiger partial charge in [-0.1, -0.05) is 32.5 Å². The first-order valence-electron chi connectivity index (χ1n) is 7.59. The van der Waals surface area contributed by atoms with Crippen molar-refractivity contribution in [2.45, 2.75) is 27.2 Å². The number of hydrogen-bond donors (Lipinski definition) is 3. The maximum Gasteiger partial charge on any atom is 0.307 e. The quantitative estimate of drug-likeness (QED) is 0.696. The van der Waals surface area contributed by atoms with Crippen molar-refractivity contribution in [1.29, 1.82) is 0 Å². The summed E-state index contributed by atoms with van der Waals surface area (Å²) in [4.78, 5) is 19.6. The summed E-state index contributed by atoms with van der Waals surface area (Å²) >= 11 is 1.55. The molecule has 1 aliphatic heterocycles. The van der Waals surface area contributed by atoms with Gasteiger partial charge in [0.1, 0.15) is 5.03 Å². The molecule has 1 aromatic rings. The monoisotopic (exact) mass is 349 g/mol. The molecule has 0 fully saturated rings. The Labute approximate surface area is 146 Å². The van der Waals surface area contributed by atoms with Crippen LogP contribution >= 0.6 is 11.8 Å². The van der Waals surface area contributed by atoms with Crippen molar-refractivity contribution in [2.24, 2.45) is 11.1 Å². The summed E-state index contributed by atoms with van der Waals surface area (Å²) in [6.07, 6.45) is 1.88. The van der Waals surface area contributed by atoms with Gasteiger partial charge in [0.2, 0.25) is 5.95 Å². The van der Waals surface area contributed by atoms with E-state index in [2.05, 4.69) is 51.5 Å². The molecule has 24 heavy (non-hydrogen) atoms. The maximum absolute atomic E-state index is 11.1. The number of nitrogens with two attached hydrogens (primary N) is 1. The lowest BCUT2D eigenvalue weighted by atomic mass is 9.93. The third-order valence-corrected chi connectivity index (χ3v) is 4.28. The predicted octanol–water partition coefficient (Wildman–Crippen LogP) is 2.26. The Morgan fingerprint density at radius 3 is 2.83 bits per heavy atom. The first-order valence-corrected chi connectivity index (χ1v) is 8.47. The Balaban J connectivity index is 2.06. The number of allylic oxidation sites excluding steroid dienone is 1. The van der Waals surface area contributed by atoms with E-state index in [1.165, 1.54) is 7.11 Å². The minimum atomic E-state index is -0.285. The van der Waals surface area contributed by atoms with Gasteiger partial charge in [-0.3, -0.25) is 4.79 Å². The van der Waals surface area contributed by atoms with Crippen LogP contribution in [0.2, 0.25) is 0 Å². The highest BCUT2D eigenvalue weighted by Crippen LogP contribution is 2.36. The summed E-state index contributed by atoms with van der Waals surface area (Å²) in [6, 6.07) is 1.76. The van der Waals surface area contributed by atoms with Crippen LogP contribution in [0.4, 0.5) is 5.95 Å². The summed E-state index contributed by atoms with van der Waals surface area (Å²) in [5, 5.41) is 9.27. The molecule has 0 bridgehead atoms. The molecule has 8 heteroatoms. The van der Waals surface area contributed by atoms with Gasteiger partial charge in [0.05, 0.1) is 24.9 Å². The number of methoxy groups -OCH3 is 1. The molecule has 1 aliphatic rings. The van der Waals surface area contributed by atoms with Gasteiger partial charge < -0.3 is 21.1 Å². The van der Waals surface area contributed by atoms with Crippen LogP contribution in [0, 0.1) is 5.41 Å². The number of aromatic nitrogens is 2. The van der Waals surface area contributed by atoms with Gasteiger partial charge in [-0.05, 0) is 11.5 Å². The molecule has 0 aliphatic carbocycles. The van der Waals surface area contributed by atoms with Crippen molar-refractivity contribution in [2.75, 3.05) is 19.0 Å². The number of esters is 1. The molecule has 2 rings (SSSR count). The van der Waals surface area contributed by atoms with Gasteiger partial charge in [-0.15, -0.1) is 0 Å². The van der Waals surface area contributed by atoms with Crippen LogP contribution in [-0.2, 0) is 9.53 Å². The van der Waals surface area contributed by atoms with Crippen molar-refractivity contribution in [3.63, 3.8) is 0 Å². The van der Waals surface area contributed by atoms with Crippen molar-refractivity contribution in [3.05, 3.63) is 34.1 Å². The summed E-state index contributed by atoms with van der Waals surface area (Å²) in [6.45, 7) is 6.81. The summed E-state index contributed by atoms with van der Waals surface area (Å²) < 4.78 is 4.59. The number of rotatable bonds is 5. The zero-order chi connectivity index (χ0) is 17.7. The molecule has 1 aromatic heterocycles. The molecule has 7 nitrogen and oxygen atoms in total. The maximum atomic E-state index is 11.1. The van der Waals surface area contributed by atoms with Crippen LogP contribution in [0.5, 0.6) is 0 Å². The zero-order valence-electron chi connectivity index (χ0n) is 14.3. The highest BCUT2D eigenvalue weighted by atomic mass is 32.2. The highest BCUT2D eigenvalue weighted by molar-refractivity contribution is 8.06. The third kappa shape index (κ3) is 4.64. The van der Waals surface area contributed by atoms with Gasteiger partial charge in [0.15, 0.2) is 0 Å². The second-order valence-electron chi connectivity index (χ2n) is 6.29. The molecule has 0 aromatic carbocycles. The summed E-state index contributed by atoms with van der Waals surface area (Å²) in [5.41, 5.74) is 8.59. The molecule has 0 atom stereocenters. The lowest BCUT2D eigenvalue weighted by Crippen LogP contribution is -2.21. The highest BCUT2D eigenvalue weighted by Gasteiger charge is 2.24. The smallest absolute Gasteiger partial charge is 0.307 e. The van der Waals surface area contributed by atoms with Crippen LogP contribution in [0.25, 0.3) is 5.70 Å². The van der Waals surface area contributed by atoms with Gasteiger partial charge in [0.25, 0.3) is 0 Å². The van der Waals surface area contributed by atoms with Crippen molar-refractivity contribution < 1.29 is 9.53 Å². The van der Waals surface area contributed by atoms with Crippen LogP contribution < -0.4 is 16.4 Å². The third-order valence-electron chi connectivity index (χ3n) is 3.37. The predicted molar refractivity (Wildman–Crippen MR) is 96.5 cm³/mol. The molecule has 0 amide bonds. The van der Waals surface area contributed by atoms with Gasteiger partial charge in [-0.25, -0.2) is 9.97 Å². The second-order valence-corrected chi connectivity index (χ2v) is 7.17. The lowest BCUT2D eigenvalue weighted by molar-refractivity contribution is -0.140. The normalized spacial score (nSPS) is 16.2. The molecule has 0 unspecified atom stereocenters. The fourth-order valence-electron chi connectivity index (χ4n) is 1.88. The van der Waals surface area contributed by atoms with Crippen LogP contribution in [0.3, 0.4) is 0 Å². The number of carbonyl (C=O) groups excluding carboxylic acids is 1. The molecular weight excluding hydrogens is 326 g/mol. The van der Waals surface area contributed by atoms with Crippen LogP contribution in [-0.4, -0.2) is 29.6 Å². The second kappa shape index (κ2) is 7.57. The molecule has 130 valence electrons. The minimum absolute atomic E-state index is 0.0291. The Morgan fingerprint density at radius 2 is 2.21 bits per heavy atom. The van der Waals surface area contributed by atoms with Gasteiger partial charge in [0, 0.05) is 23.9 Å². The summed E-state index contributed by atoms with van der Waals surface area (Å²) in [5.74, 6) is 0.139. The Kier molecular flexibility index (Phi) is 5.71. The van der Waals surface area contributed by atoms with Gasteiger partial charge >= 0.3 is 5.97 Å². The van der Waals surface area contributed by atoms with E-state index >= 15 is 0 Å². The number of nitrogens with zero attached hydrogens (tertiary/aromatic N) is 2. The average Bonchev–Trinajstić information content (AvgIpc) is 3.04. The Bertz CT molecular complexity index is 679. The molecule has 0 radical (unpaired) electrons. The molecule has 0 saturated carbocycles. The molecule has 4 N–H and O–H groups in total. The van der Waals surface area contributed by atoms with Crippen molar-refractivity contribution in [3.8, 4) is 0 Å². The zero-order valence-corrected chi connectivity index (χ0v) is 15.2. The number of thioether (sulfide) groups is 1. The topological polar surface area (TPSA) is 102 Å². The first-order chi connectivity index (χ1) is 11.3. The fraction of sp³-hybridized carbons (Fsp3) is 0.438. The number of anilines is 1. The number of carbonyl (C=O) groups is 1. The fourth-order valence-corrected chi connectivity index (χ4v) is 2.93. The molecule has 0 spiro atoms. The first kappa shape index (κ1) is 18.1. The van der Waals surface area contributed by atoms with Crippen LogP contribution in [0.15, 0.2) is 28.4 Å². The Hall–Kier alpha value is -2.22. The largest absolute Gasteiger partial charge is 0.469 e. The van der Waals surface area contributed by atoms with Gasteiger partial charge in [-0.2, -0.15) is 0 Å². The number of hydrogen-bond acceptors (Lipinski definition) is 8. The van der Waals surface area contributed by atoms with E-state index in [1.807, 2.05) is 0 Å². The number of nitrogens with one attached hydrogen (secondary N) is 2. The SMILES string of the molecule is COC(=O)CCNc1nccc(/C(N)=C2/NC(C(C)(C)C)=CS2)n1. The number of ether oxygens (including phenoxy) is 1.